The first-order valence-corrected chi connectivity index (χ1v) is 11.2. The van der Waals surface area contributed by atoms with Gasteiger partial charge in [0.1, 0.15) is 11.6 Å². The maximum atomic E-state index is 13.3. The fourth-order valence-electron chi connectivity index (χ4n) is 3.84. The average molecular weight is 435 g/mol. The van der Waals surface area contributed by atoms with E-state index < -0.39 is 0 Å². The summed E-state index contributed by atoms with van der Waals surface area (Å²) in [5.41, 5.74) is 4.39. The first-order chi connectivity index (χ1) is 15.5. The van der Waals surface area contributed by atoms with Gasteiger partial charge in [-0.3, -0.25) is 0 Å². The van der Waals surface area contributed by atoms with E-state index in [1.807, 2.05) is 30.5 Å². The van der Waals surface area contributed by atoms with Gasteiger partial charge in [0.25, 0.3) is 0 Å². The molecule has 0 atom stereocenters. The van der Waals surface area contributed by atoms with Crippen LogP contribution >= 0.6 is 0 Å². The Morgan fingerprint density at radius 3 is 2.41 bits per heavy atom. The lowest BCUT2D eigenvalue weighted by Crippen LogP contribution is -2.42. The molecule has 0 amide bonds. The fraction of sp³-hybridized carbons (Fsp3) is 0.385. The van der Waals surface area contributed by atoms with Crippen molar-refractivity contribution in [1.29, 1.82) is 0 Å². The predicted molar refractivity (Wildman–Crippen MR) is 126 cm³/mol. The van der Waals surface area contributed by atoms with Crippen LogP contribution in [0.5, 0.6) is 5.75 Å². The molecule has 0 spiro atoms. The Bertz CT molecular complexity index is 1020. The number of nitrogens with zero attached hydrogens (tertiary/aromatic N) is 3. The summed E-state index contributed by atoms with van der Waals surface area (Å²) < 4.78 is 19.0. The normalized spacial score (nSPS) is 14.4. The smallest absolute Gasteiger partial charge is 0.223 e. The highest BCUT2D eigenvalue weighted by molar-refractivity contribution is 5.37. The zero-order chi connectivity index (χ0) is 22.5. The molecule has 0 unspecified atom stereocenters. The minimum absolute atomic E-state index is 0.218. The van der Waals surface area contributed by atoms with E-state index in [2.05, 4.69) is 48.2 Å². The van der Waals surface area contributed by atoms with E-state index in [-0.39, 0.29) is 5.82 Å². The highest BCUT2D eigenvalue weighted by Gasteiger charge is 2.28. The van der Waals surface area contributed by atoms with Gasteiger partial charge in [0.05, 0.1) is 12.3 Å². The van der Waals surface area contributed by atoms with Crippen molar-refractivity contribution >= 4 is 5.95 Å². The van der Waals surface area contributed by atoms with Gasteiger partial charge in [0.15, 0.2) is 0 Å². The first-order valence-electron chi connectivity index (χ1n) is 11.2. The molecule has 0 radical (unpaired) electrons. The first kappa shape index (κ1) is 22.2. The molecule has 2 heterocycles. The lowest BCUT2D eigenvalue weighted by atomic mass is 9.91. The molecular weight excluding hydrogens is 403 g/mol. The maximum Gasteiger partial charge on any atom is 0.223 e. The SMILES string of the molecule is CC(C)COc1ccc(CNc2ncc(Cc3ccc(F)cc3)c(C3CN(C)C3)n2)cc1. The van der Waals surface area contributed by atoms with Crippen molar-refractivity contribution in [3.63, 3.8) is 0 Å². The van der Waals surface area contributed by atoms with Crippen molar-refractivity contribution in [2.24, 2.45) is 5.92 Å². The largest absolute Gasteiger partial charge is 0.493 e. The van der Waals surface area contributed by atoms with Crippen molar-refractivity contribution in [3.05, 3.63) is 82.9 Å². The third kappa shape index (κ3) is 5.82. The van der Waals surface area contributed by atoms with Crippen molar-refractivity contribution in [3.8, 4) is 5.75 Å². The highest BCUT2D eigenvalue weighted by atomic mass is 19.1. The predicted octanol–water partition coefficient (Wildman–Crippen LogP) is 4.88. The number of anilines is 1. The van der Waals surface area contributed by atoms with Crippen LogP contribution in [-0.2, 0) is 13.0 Å². The molecule has 5 nitrogen and oxygen atoms in total. The van der Waals surface area contributed by atoms with Crippen LogP contribution in [0.2, 0.25) is 0 Å². The maximum absolute atomic E-state index is 13.3. The summed E-state index contributed by atoms with van der Waals surface area (Å²) in [6, 6.07) is 14.8. The third-order valence-corrected chi connectivity index (χ3v) is 5.61. The van der Waals surface area contributed by atoms with Gasteiger partial charge < -0.3 is 15.0 Å². The summed E-state index contributed by atoms with van der Waals surface area (Å²) in [7, 11) is 2.12. The van der Waals surface area contributed by atoms with E-state index in [1.54, 1.807) is 0 Å². The quantitative estimate of drug-likeness (QED) is 0.520. The summed E-state index contributed by atoms with van der Waals surface area (Å²) in [5, 5.41) is 3.36. The van der Waals surface area contributed by atoms with Crippen molar-refractivity contribution in [2.75, 3.05) is 32.1 Å². The number of hydrogen-bond acceptors (Lipinski definition) is 5. The number of likely N-dealkylation sites (N-methyl/N-ethyl adjacent to an activating group) is 1. The lowest BCUT2D eigenvalue weighted by molar-refractivity contribution is 0.186. The molecule has 0 saturated carbocycles. The van der Waals surface area contributed by atoms with E-state index in [0.717, 1.165) is 47.8 Å². The van der Waals surface area contributed by atoms with Crippen LogP contribution in [0, 0.1) is 11.7 Å². The van der Waals surface area contributed by atoms with E-state index in [9.17, 15) is 4.39 Å². The summed E-state index contributed by atoms with van der Waals surface area (Å²) in [6.45, 7) is 7.62. The second-order valence-electron chi connectivity index (χ2n) is 9.03. The van der Waals surface area contributed by atoms with Crippen molar-refractivity contribution < 1.29 is 9.13 Å². The highest BCUT2D eigenvalue weighted by Crippen LogP contribution is 2.29. The number of hydrogen-bond donors (Lipinski definition) is 1. The third-order valence-electron chi connectivity index (χ3n) is 5.61. The van der Waals surface area contributed by atoms with Crippen molar-refractivity contribution in [2.45, 2.75) is 32.7 Å². The van der Waals surface area contributed by atoms with Gasteiger partial charge in [-0.25, -0.2) is 14.4 Å². The molecule has 168 valence electrons. The number of likely N-dealkylation sites (tertiary alicyclic amines) is 1. The number of rotatable bonds is 9. The van der Waals surface area contributed by atoms with Crippen LogP contribution in [0.25, 0.3) is 0 Å². The molecule has 32 heavy (non-hydrogen) atoms. The number of aromatic nitrogens is 2. The molecule has 1 N–H and O–H groups in total. The molecule has 1 saturated heterocycles. The van der Waals surface area contributed by atoms with E-state index in [4.69, 9.17) is 9.72 Å². The zero-order valence-electron chi connectivity index (χ0n) is 19.0. The minimum Gasteiger partial charge on any atom is -0.493 e. The topological polar surface area (TPSA) is 50.3 Å². The van der Waals surface area contributed by atoms with E-state index in [0.29, 0.717) is 30.7 Å². The van der Waals surface area contributed by atoms with Gasteiger partial charge in [-0.2, -0.15) is 0 Å². The van der Waals surface area contributed by atoms with Gasteiger partial charge in [-0.15, -0.1) is 0 Å². The summed E-state index contributed by atoms with van der Waals surface area (Å²) >= 11 is 0. The standard InChI is InChI=1S/C26H31FN4O/c1-18(2)17-32-24-10-6-20(7-11-24)13-28-26-29-14-21(12-19-4-8-23(27)9-5-19)25(30-26)22-15-31(3)16-22/h4-11,14,18,22H,12-13,15-17H2,1-3H3,(H,28,29,30). The molecule has 3 aromatic rings. The van der Waals surface area contributed by atoms with Crippen LogP contribution in [0.15, 0.2) is 54.7 Å². The van der Waals surface area contributed by atoms with Gasteiger partial charge in [0, 0.05) is 38.2 Å². The summed E-state index contributed by atoms with van der Waals surface area (Å²) in [4.78, 5) is 11.7. The Labute approximate surface area is 189 Å². The number of benzene rings is 2. The van der Waals surface area contributed by atoms with Gasteiger partial charge in [-0.1, -0.05) is 38.1 Å². The monoisotopic (exact) mass is 434 g/mol. The number of halogens is 1. The number of nitrogens with one attached hydrogen (secondary N) is 1. The summed E-state index contributed by atoms with van der Waals surface area (Å²) in [6.07, 6.45) is 2.61. The molecule has 1 aromatic heterocycles. The number of ether oxygens (including phenoxy) is 1. The molecule has 0 aliphatic carbocycles. The van der Waals surface area contributed by atoms with Gasteiger partial charge in [-0.05, 0) is 53.9 Å². The van der Waals surface area contributed by atoms with Crippen LogP contribution in [0.4, 0.5) is 10.3 Å². The zero-order valence-corrected chi connectivity index (χ0v) is 19.0. The molecule has 1 aliphatic heterocycles. The Morgan fingerprint density at radius 2 is 1.75 bits per heavy atom. The molecule has 6 heteroatoms. The van der Waals surface area contributed by atoms with Gasteiger partial charge in [0.2, 0.25) is 5.95 Å². The van der Waals surface area contributed by atoms with Crippen LogP contribution in [0.3, 0.4) is 0 Å². The van der Waals surface area contributed by atoms with Crippen LogP contribution < -0.4 is 10.1 Å². The molecular formula is C26H31FN4O. The molecule has 0 bridgehead atoms. The fourth-order valence-corrected chi connectivity index (χ4v) is 3.84. The van der Waals surface area contributed by atoms with Crippen LogP contribution in [-0.4, -0.2) is 41.6 Å². The average Bonchev–Trinajstić information content (AvgIpc) is 2.77. The summed E-state index contributed by atoms with van der Waals surface area (Å²) in [5.74, 6) is 2.21. The minimum atomic E-state index is -0.218. The molecule has 1 fully saturated rings. The molecule has 2 aromatic carbocycles. The Balaban J connectivity index is 1.43. The lowest BCUT2D eigenvalue weighted by Gasteiger charge is -2.36. The van der Waals surface area contributed by atoms with Crippen molar-refractivity contribution in [1.82, 2.24) is 14.9 Å². The Hall–Kier alpha value is -2.99. The Morgan fingerprint density at radius 1 is 1.06 bits per heavy atom. The van der Waals surface area contributed by atoms with E-state index >= 15 is 0 Å². The Kier molecular flexibility index (Phi) is 7.00. The second-order valence-corrected chi connectivity index (χ2v) is 9.03. The molecule has 1 aliphatic rings. The molecule has 4 rings (SSSR count). The van der Waals surface area contributed by atoms with Gasteiger partial charge >= 0.3 is 0 Å². The van der Waals surface area contributed by atoms with E-state index in [1.165, 1.54) is 12.1 Å². The second kappa shape index (κ2) is 10.1. The van der Waals surface area contributed by atoms with Crippen LogP contribution in [0.1, 0.15) is 42.1 Å².